The second-order valence-electron chi connectivity index (χ2n) is 3.78. The Morgan fingerprint density at radius 2 is 1.95 bits per heavy atom. The maximum absolute atomic E-state index is 5.79. The molecule has 0 aliphatic heterocycles. The lowest BCUT2D eigenvalue weighted by molar-refractivity contribution is 0.650. The topological polar surface area (TPSA) is 74.8 Å². The highest BCUT2D eigenvalue weighted by Crippen LogP contribution is 2.00. The quantitative estimate of drug-likeness (QED) is 0.251. The average molecular weight is 293 g/mol. The first-order valence-corrected chi connectivity index (χ1v) is 7.46. The zero-order chi connectivity index (χ0) is 16.5. The standard InChI is InChI=1S/C14H25N5.C2H6/c1-5-12(10-9-11-16-7-3)18-19-14(15)13(6-2)17-8-4;1-2/h5-6,8,16,18H,2,4,7,9-11H2,1,3H3,(H2,15,19);1-2H3/b12-5-,17-13?;. The van der Waals surface area contributed by atoms with Gasteiger partial charge in [-0.05, 0) is 38.9 Å². The highest BCUT2D eigenvalue weighted by Gasteiger charge is 2.00. The summed E-state index contributed by atoms with van der Waals surface area (Å²) in [5.74, 6) is 0.293. The Hall–Kier alpha value is -1.88. The third kappa shape index (κ3) is 11.6. The molecule has 0 spiro atoms. The summed E-state index contributed by atoms with van der Waals surface area (Å²) in [7, 11) is 0. The summed E-state index contributed by atoms with van der Waals surface area (Å²) in [6.45, 7) is 17.2. The van der Waals surface area contributed by atoms with E-state index >= 15 is 0 Å². The van der Waals surface area contributed by atoms with Crippen molar-refractivity contribution >= 4 is 11.5 Å². The Kier molecular flexibility index (Phi) is 16.5. The van der Waals surface area contributed by atoms with Crippen LogP contribution in [0, 0.1) is 0 Å². The minimum atomic E-state index is 0.293. The molecule has 0 radical (unpaired) electrons. The Morgan fingerprint density at radius 3 is 2.43 bits per heavy atom. The van der Waals surface area contributed by atoms with Gasteiger partial charge in [0.05, 0.1) is 0 Å². The predicted molar refractivity (Wildman–Crippen MR) is 95.5 cm³/mol. The zero-order valence-corrected chi connectivity index (χ0v) is 13.9. The number of aliphatic imine (C=N–C) groups is 1. The lowest BCUT2D eigenvalue weighted by Gasteiger charge is -2.07. The number of rotatable bonds is 10. The molecule has 0 bridgehead atoms. The van der Waals surface area contributed by atoms with E-state index in [1.54, 1.807) is 6.08 Å². The van der Waals surface area contributed by atoms with Crippen LogP contribution in [-0.4, -0.2) is 24.6 Å². The predicted octanol–water partition coefficient (Wildman–Crippen LogP) is 2.94. The van der Waals surface area contributed by atoms with Crippen molar-refractivity contribution in [2.75, 3.05) is 13.1 Å². The van der Waals surface area contributed by atoms with E-state index in [1.807, 2.05) is 26.8 Å². The molecule has 21 heavy (non-hydrogen) atoms. The number of nitrogens with one attached hydrogen (secondary N) is 2. The van der Waals surface area contributed by atoms with Gasteiger partial charge < -0.3 is 11.1 Å². The number of amidine groups is 1. The molecule has 0 heterocycles. The molecule has 0 amide bonds. The first-order valence-electron chi connectivity index (χ1n) is 7.46. The number of hydrazone groups is 1. The molecule has 0 rings (SSSR count). The van der Waals surface area contributed by atoms with Crippen molar-refractivity contribution in [2.45, 2.75) is 40.5 Å². The highest BCUT2D eigenvalue weighted by molar-refractivity contribution is 6.45. The van der Waals surface area contributed by atoms with Crippen LogP contribution in [0.1, 0.15) is 40.5 Å². The van der Waals surface area contributed by atoms with Gasteiger partial charge in [-0.2, -0.15) is 5.10 Å². The number of allylic oxidation sites excluding steroid dienone is 2. The smallest absolute Gasteiger partial charge is 0.169 e. The molecule has 0 aromatic carbocycles. The number of hydrogen-bond donors (Lipinski definition) is 3. The molecule has 0 atom stereocenters. The van der Waals surface area contributed by atoms with Gasteiger partial charge in [0.15, 0.2) is 5.84 Å². The van der Waals surface area contributed by atoms with Gasteiger partial charge in [0.25, 0.3) is 0 Å². The number of hydrogen-bond acceptors (Lipinski definition) is 4. The fraction of sp³-hybridized carbons (Fsp3) is 0.500. The summed E-state index contributed by atoms with van der Waals surface area (Å²) < 4.78 is 0. The van der Waals surface area contributed by atoms with Crippen LogP contribution in [0.2, 0.25) is 0 Å². The molecule has 5 heteroatoms. The fourth-order valence-electron chi connectivity index (χ4n) is 1.36. The summed E-state index contributed by atoms with van der Waals surface area (Å²) in [6.07, 6.45) is 6.91. The van der Waals surface area contributed by atoms with Crippen LogP contribution in [0.15, 0.2) is 47.3 Å². The molecule has 4 N–H and O–H groups in total. The van der Waals surface area contributed by atoms with Crippen LogP contribution in [0.3, 0.4) is 0 Å². The van der Waals surface area contributed by atoms with Crippen molar-refractivity contribution in [1.82, 2.24) is 10.7 Å². The van der Waals surface area contributed by atoms with Crippen LogP contribution in [0.5, 0.6) is 0 Å². The molecule has 0 unspecified atom stereocenters. The van der Waals surface area contributed by atoms with Gasteiger partial charge in [-0.3, -0.25) is 10.4 Å². The minimum Gasteiger partial charge on any atom is -0.380 e. The van der Waals surface area contributed by atoms with E-state index in [0.29, 0.717) is 11.5 Å². The van der Waals surface area contributed by atoms with E-state index in [4.69, 9.17) is 5.73 Å². The molecule has 5 nitrogen and oxygen atoms in total. The number of nitrogens with two attached hydrogens (primary N) is 1. The van der Waals surface area contributed by atoms with Gasteiger partial charge in [-0.25, -0.2) is 0 Å². The first kappa shape index (κ1) is 21.4. The molecular weight excluding hydrogens is 262 g/mol. The summed E-state index contributed by atoms with van der Waals surface area (Å²) >= 11 is 0. The largest absolute Gasteiger partial charge is 0.380 e. The van der Waals surface area contributed by atoms with E-state index in [1.165, 1.54) is 6.20 Å². The van der Waals surface area contributed by atoms with Crippen LogP contribution in [0.25, 0.3) is 0 Å². The minimum absolute atomic E-state index is 0.293. The van der Waals surface area contributed by atoms with Gasteiger partial charge in [0.1, 0.15) is 5.71 Å². The first-order chi connectivity index (χ1) is 10.2. The van der Waals surface area contributed by atoms with Crippen LogP contribution in [-0.2, 0) is 0 Å². The van der Waals surface area contributed by atoms with Gasteiger partial charge in [-0.1, -0.05) is 40.0 Å². The van der Waals surface area contributed by atoms with Crippen LogP contribution < -0.4 is 16.5 Å². The van der Waals surface area contributed by atoms with E-state index in [2.05, 4.69) is 40.9 Å². The Bertz CT molecular complexity index is 367. The maximum Gasteiger partial charge on any atom is 0.169 e. The van der Waals surface area contributed by atoms with E-state index < -0.39 is 0 Å². The van der Waals surface area contributed by atoms with Crippen molar-refractivity contribution < 1.29 is 0 Å². The van der Waals surface area contributed by atoms with Crippen molar-refractivity contribution in [3.63, 3.8) is 0 Å². The van der Waals surface area contributed by atoms with Crippen molar-refractivity contribution in [1.29, 1.82) is 0 Å². The van der Waals surface area contributed by atoms with Crippen LogP contribution in [0.4, 0.5) is 0 Å². The second kappa shape index (κ2) is 16.2. The zero-order valence-electron chi connectivity index (χ0n) is 13.9. The maximum atomic E-state index is 5.79. The molecular formula is C16H31N5. The molecule has 0 fully saturated rings. The van der Waals surface area contributed by atoms with Crippen molar-refractivity contribution in [3.05, 3.63) is 37.2 Å². The van der Waals surface area contributed by atoms with Gasteiger partial charge in [-0.15, -0.1) is 0 Å². The number of nitrogens with zero attached hydrogens (tertiary/aromatic N) is 2. The van der Waals surface area contributed by atoms with Crippen molar-refractivity contribution in [3.8, 4) is 0 Å². The summed E-state index contributed by atoms with van der Waals surface area (Å²) in [5.41, 5.74) is 10.3. The molecule has 0 saturated carbocycles. The van der Waals surface area contributed by atoms with Crippen molar-refractivity contribution in [2.24, 2.45) is 15.8 Å². The molecule has 0 aliphatic carbocycles. The fourth-order valence-corrected chi connectivity index (χ4v) is 1.36. The van der Waals surface area contributed by atoms with E-state index in [-0.39, 0.29) is 0 Å². The summed E-state index contributed by atoms with van der Waals surface area (Å²) in [4.78, 5) is 3.97. The SMILES string of the molecule is C=CN=C(C=C)/C(N)=N/N/C(=C\C)CCCNCC.CC. The Morgan fingerprint density at radius 1 is 1.29 bits per heavy atom. The third-order valence-electron chi connectivity index (χ3n) is 2.40. The van der Waals surface area contributed by atoms with Gasteiger partial charge >= 0.3 is 0 Å². The van der Waals surface area contributed by atoms with E-state index in [9.17, 15) is 0 Å². The third-order valence-corrected chi connectivity index (χ3v) is 2.40. The van der Waals surface area contributed by atoms with E-state index in [0.717, 1.165) is 31.6 Å². The monoisotopic (exact) mass is 293 g/mol. The summed E-state index contributed by atoms with van der Waals surface area (Å²) in [6, 6.07) is 0. The Labute approximate surface area is 129 Å². The summed E-state index contributed by atoms with van der Waals surface area (Å²) in [5, 5.41) is 7.37. The van der Waals surface area contributed by atoms with Gasteiger partial charge in [0.2, 0.25) is 0 Å². The highest BCUT2D eigenvalue weighted by atomic mass is 15.3. The molecule has 0 aromatic heterocycles. The van der Waals surface area contributed by atoms with Gasteiger partial charge in [0, 0.05) is 11.9 Å². The molecule has 0 saturated heterocycles. The Balaban J connectivity index is 0. The molecule has 0 aromatic rings. The lowest BCUT2D eigenvalue weighted by atomic mass is 10.2. The molecule has 120 valence electrons. The van der Waals surface area contributed by atoms with Crippen LogP contribution >= 0.6 is 0 Å². The molecule has 0 aliphatic rings. The lowest BCUT2D eigenvalue weighted by Crippen LogP contribution is -2.25. The average Bonchev–Trinajstić information content (AvgIpc) is 2.53. The second-order valence-corrected chi connectivity index (χ2v) is 3.78. The normalized spacial score (nSPS) is 12.3.